The summed E-state index contributed by atoms with van der Waals surface area (Å²) < 4.78 is 5.22. The van der Waals surface area contributed by atoms with Crippen molar-refractivity contribution in [3.8, 4) is 5.75 Å². The lowest BCUT2D eigenvalue weighted by molar-refractivity contribution is 0.0252. The van der Waals surface area contributed by atoms with Crippen LogP contribution in [0.15, 0.2) is 24.3 Å². The van der Waals surface area contributed by atoms with Gasteiger partial charge in [-0.2, -0.15) is 0 Å². The van der Waals surface area contributed by atoms with E-state index in [-0.39, 0.29) is 0 Å². The van der Waals surface area contributed by atoms with Gasteiger partial charge >= 0.3 is 0 Å². The molecule has 0 saturated heterocycles. The summed E-state index contributed by atoms with van der Waals surface area (Å²) in [6, 6.07) is 8.04. The van der Waals surface area contributed by atoms with Gasteiger partial charge in [0.15, 0.2) is 0 Å². The molecule has 2 nitrogen and oxygen atoms in total. The summed E-state index contributed by atoms with van der Waals surface area (Å²) in [7, 11) is 1.68. The molecule has 2 heteroatoms. The highest BCUT2D eigenvalue weighted by atomic mass is 16.5. The molecule has 94 valence electrons. The van der Waals surface area contributed by atoms with Crippen molar-refractivity contribution in [1.29, 1.82) is 0 Å². The second-order valence-electron chi connectivity index (χ2n) is 5.17. The zero-order valence-corrected chi connectivity index (χ0v) is 10.6. The van der Waals surface area contributed by atoms with E-state index in [1.807, 2.05) is 18.2 Å². The van der Waals surface area contributed by atoms with E-state index < -0.39 is 5.60 Å². The van der Waals surface area contributed by atoms with E-state index in [4.69, 9.17) is 4.74 Å². The Morgan fingerprint density at radius 2 is 1.88 bits per heavy atom. The molecule has 0 bridgehead atoms. The quantitative estimate of drug-likeness (QED) is 0.813. The average Bonchev–Trinajstić information content (AvgIpc) is 2.54. The van der Waals surface area contributed by atoms with Crippen LogP contribution in [-0.4, -0.2) is 17.8 Å². The third-order valence-electron chi connectivity index (χ3n) is 3.70. The number of hydrogen-bond acceptors (Lipinski definition) is 2. The smallest absolute Gasteiger partial charge is 0.119 e. The van der Waals surface area contributed by atoms with E-state index in [1.54, 1.807) is 7.11 Å². The Kier molecular flexibility index (Phi) is 4.06. The van der Waals surface area contributed by atoms with Crippen molar-refractivity contribution < 1.29 is 9.84 Å². The average molecular weight is 234 g/mol. The van der Waals surface area contributed by atoms with Crippen LogP contribution in [0.2, 0.25) is 0 Å². The normalized spacial score (nSPS) is 19.6. The predicted molar refractivity (Wildman–Crippen MR) is 69.3 cm³/mol. The fraction of sp³-hybridized carbons (Fsp3) is 0.600. The van der Waals surface area contributed by atoms with Gasteiger partial charge in [0.1, 0.15) is 5.75 Å². The van der Waals surface area contributed by atoms with Crippen molar-refractivity contribution in [2.45, 2.75) is 50.5 Å². The maximum atomic E-state index is 10.6. The van der Waals surface area contributed by atoms with Crippen molar-refractivity contribution in [2.24, 2.45) is 0 Å². The molecule has 0 aliphatic heterocycles. The highest BCUT2D eigenvalue weighted by molar-refractivity contribution is 5.29. The Morgan fingerprint density at radius 1 is 1.18 bits per heavy atom. The van der Waals surface area contributed by atoms with Crippen molar-refractivity contribution in [2.75, 3.05) is 7.11 Å². The fourth-order valence-corrected chi connectivity index (χ4v) is 2.73. The Hall–Kier alpha value is -1.02. The standard InChI is InChI=1S/C15H22O2/c1-17-14-8-6-7-13(11-14)12-15(16)9-4-2-3-5-10-15/h6-8,11,16H,2-5,9-10,12H2,1H3. The monoisotopic (exact) mass is 234 g/mol. The molecule has 1 saturated carbocycles. The summed E-state index contributed by atoms with van der Waals surface area (Å²) >= 11 is 0. The first-order valence-corrected chi connectivity index (χ1v) is 6.57. The van der Waals surface area contributed by atoms with Gasteiger partial charge in [-0.05, 0) is 30.5 Å². The molecule has 0 heterocycles. The van der Waals surface area contributed by atoms with Crippen LogP contribution in [0.1, 0.15) is 44.1 Å². The van der Waals surface area contributed by atoms with Gasteiger partial charge in [0.05, 0.1) is 12.7 Å². The van der Waals surface area contributed by atoms with Crippen LogP contribution in [0, 0.1) is 0 Å². The first-order valence-electron chi connectivity index (χ1n) is 6.57. The third kappa shape index (κ3) is 3.47. The SMILES string of the molecule is COc1cccc(CC2(O)CCCCCC2)c1. The minimum atomic E-state index is -0.497. The van der Waals surface area contributed by atoms with E-state index in [1.165, 1.54) is 18.4 Å². The Bertz CT molecular complexity index is 352. The van der Waals surface area contributed by atoms with Crippen LogP contribution in [0.3, 0.4) is 0 Å². The van der Waals surface area contributed by atoms with Gasteiger partial charge in [-0.15, -0.1) is 0 Å². The fourth-order valence-electron chi connectivity index (χ4n) is 2.73. The minimum Gasteiger partial charge on any atom is -0.497 e. The lowest BCUT2D eigenvalue weighted by atomic mass is 9.87. The van der Waals surface area contributed by atoms with Gasteiger partial charge in [-0.3, -0.25) is 0 Å². The lowest BCUT2D eigenvalue weighted by Gasteiger charge is -2.26. The van der Waals surface area contributed by atoms with E-state index in [9.17, 15) is 5.11 Å². The van der Waals surface area contributed by atoms with E-state index in [2.05, 4.69) is 6.07 Å². The van der Waals surface area contributed by atoms with Gasteiger partial charge in [0.2, 0.25) is 0 Å². The van der Waals surface area contributed by atoms with Gasteiger partial charge in [-0.1, -0.05) is 37.8 Å². The molecule has 1 N–H and O–H groups in total. The first kappa shape index (κ1) is 12.4. The zero-order valence-electron chi connectivity index (χ0n) is 10.6. The third-order valence-corrected chi connectivity index (χ3v) is 3.70. The lowest BCUT2D eigenvalue weighted by Crippen LogP contribution is -2.30. The van der Waals surface area contributed by atoms with Crippen molar-refractivity contribution in [3.05, 3.63) is 29.8 Å². The number of benzene rings is 1. The summed E-state index contributed by atoms with van der Waals surface area (Å²) in [5.41, 5.74) is 0.678. The highest BCUT2D eigenvalue weighted by Gasteiger charge is 2.28. The predicted octanol–water partition coefficient (Wildman–Crippen LogP) is 3.32. The molecule has 0 aromatic heterocycles. The highest BCUT2D eigenvalue weighted by Crippen LogP contribution is 2.30. The molecule has 0 spiro atoms. The van der Waals surface area contributed by atoms with Gasteiger partial charge in [0.25, 0.3) is 0 Å². The number of methoxy groups -OCH3 is 1. The second kappa shape index (κ2) is 5.54. The van der Waals surface area contributed by atoms with E-state index >= 15 is 0 Å². The molecular weight excluding hydrogens is 212 g/mol. The second-order valence-corrected chi connectivity index (χ2v) is 5.17. The molecule has 2 rings (SSSR count). The number of ether oxygens (including phenoxy) is 1. The van der Waals surface area contributed by atoms with Crippen LogP contribution in [0.25, 0.3) is 0 Å². The minimum absolute atomic E-state index is 0.497. The molecule has 1 aromatic carbocycles. The Morgan fingerprint density at radius 3 is 2.53 bits per heavy atom. The van der Waals surface area contributed by atoms with Crippen LogP contribution in [0.5, 0.6) is 5.75 Å². The van der Waals surface area contributed by atoms with E-state index in [0.29, 0.717) is 0 Å². The van der Waals surface area contributed by atoms with Gasteiger partial charge in [0, 0.05) is 6.42 Å². The summed E-state index contributed by atoms with van der Waals surface area (Å²) in [4.78, 5) is 0. The topological polar surface area (TPSA) is 29.5 Å². The molecule has 0 atom stereocenters. The van der Waals surface area contributed by atoms with E-state index in [0.717, 1.165) is 37.9 Å². The molecule has 1 fully saturated rings. The summed E-state index contributed by atoms with van der Waals surface area (Å²) in [5, 5.41) is 10.6. The first-order chi connectivity index (χ1) is 8.22. The summed E-state index contributed by atoms with van der Waals surface area (Å²) in [6.07, 6.45) is 7.46. The van der Waals surface area contributed by atoms with Crippen molar-refractivity contribution in [3.63, 3.8) is 0 Å². The molecule has 17 heavy (non-hydrogen) atoms. The van der Waals surface area contributed by atoms with Crippen LogP contribution < -0.4 is 4.74 Å². The van der Waals surface area contributed by atoms with Crippen LogP contribution in [0.4, 0.5) is 0 Å². The molecule has 1 aliphatic rings. The largest absolute Gasteiger partial charge is 0.497 e. The van der Waals surface area contributed by atoms with Crippen LogP contribution in [-0.2, 0) is 6.42 Å². The summed E-state index contributed by atoms with van der Waals surface area (Å²) in [6.45, 7) is 0. The molecule has 0 unspecified atom stereocenters. The Labute approximate surface area is 104 Å². The Balaban J connectivity index is 2.07. The molecular formula is C15H22O2. The maximum Gasteiger partial charge on any atom is 0.119 e. The van der Waals surface area contributed by atoms with Crippen LogP contribution >= 0.6 is 0 Å². The van der Waals surface area contributed by atoms with Gasteiger partial charge in [-0.25, -0.2) is 0 Å². The molecule has 0 radical (unpaired) electrons. The molecule has 1 aliphatic carbocycles. The van der Waals surface area contributed by atoms with Gasteiger partial charge < -0.3 is 9.84 Å². The van der Waals surface area contributed by atoms with Crippen molar-refractivity contribution >= 4 is 0 Å². The van der Waals surface area contributed by atoms with Crippen molar-refractivity contribution in [1.82, 2.24) is 0 Å². The maximum absolute atomic E-state index is 10.6. The number of hydrogen-bond donors (Lipinski definition) is 1. The zero-order chi connectivity index (χ0) is 12.1. The number of aliphatic hydroxyl groups is 1. The molecule has 1 aromatic rings. The summed E-state index contributed by atoms with van der Waals surface area (Å²) in [5.74, 6) is 0.875. The number of rotatable bonds is 3. The molecule has 0 amide bonds.